The second-order valence-corrected chi connectivity index (χ2v) is 5.06. The number of aromatic nitrogens is 2. The van der Waals surface area contributed by atoms with Crippen LogP contribution < -0.4 is 0 Å². The van der Waals surface area contributed by atoms with Crippen molar-refractivity contribution >= 4 is 5.91 Å². The molecular weight excluding hydrogens is 232 g/mol. The Morgan fingerprint density at radius 3 is 3.00 bits per heavy atom. The summed E-state index contributed by atoms with van der Waals surface area (Å²) in [7, 11) is 0. The second-order valence-electron chi connectivity index (χ2n) is 5.06. The summed E-state index contributed by atoms with van der Waals surface area (Å²) in [6.07, 6.45) is 1.90. The number of hydrogen-bond donors (Lipinski definition) is 0. The lowest BCUT2D eigenvalue weighted by molar-refractivity contribution is -0.133. The molecule has 0 saturated carbocycles. The molecule has 0 radical (unpaired) electrons. The van der Waals surface area contributed by atoms with Gasteiger partial charge in [0.1, 0.15) is 11.4 Å². The van der Waals surface area contributed by atoms with Crippen LogP contribution in [0.15, 0.2) is 4.63 Å². The molecule has 6 nitrogen and oxygen atoms in total. The lowest BCUT2D eigenvalue weighted by atomic mass is 9.83. The first-order chi connectivity index (χ1) is 8.54. The maximum Gasteiger partial charge on any atom is 0.228 e. The highest BCUT2D eigenvalue weighted by Crippen LogP contribution is 2.28. The maximum absolute atomic E-state index is 12.1. The standard InChI is InChI=1S/C12H16N4O2/c1-9-10(15-18-14-9)6-11(17)16-5-3-4-12(2,7-13)8-16/h3-6,8H2,1-2H3/t12-/m1/s1. The van der Waals surface area contributed by atoms with Crippen molar-refractivity contribution in [3.63, 3.8) is 0 Å². The highest BCUT2D eigenvalue weighted by atomic mass is 16.6. The number of nitrogens with zero attached hydrogens (tertiary/aromatic N) is 4. The molecule has 1 aromatic heterocycles. The number of likely N-dealkylation sites (tertiary alicyclic amines) is 1. The summed E-state index contributed by atoms with van der Waals surface area (Å²) in [5, 5.41) is 16.5. The zero-order valence-corrected chi connectivity index (χ0v) is 10.6. The molecule has 2 heterocycles. The molecule has 6 heteroatoms. The Hall–Kier alpha value is -1.90. The van der Waals surface area contributed by atoms with Gasteiger partial charge in [-0.15, -0.1) is 0 Å². The molecule has 1 amide bonds. The Morgan fingerprint density at radius 1 is 1.61 bits per heavy atom. The van der Waals surface area contributed by atoms with Gasteiger partial charge in [0.15, 0.2) is 0 Å². The number of aryl methyl sites for hydroxylation is 1. The van der Waals surface area contributed by atoms with Crippen molar-refractivity contribution in [3.8, 4) is 6.07 Å². The van der Waals surface area contributed by atoms with Crippen LogP contribution >= 0.6 is 0 Å². The van der Waals surface area contributed by atoms with Crippen LogP contribution in [0.5, 0.6) is 0 Å². The Morgan fingerprint density at radius 2 is 2.39 bits per heavy atom. The molecule has 1 aliphatic heterocycles. The highest BCUT2D eigenvalue weighted by Gasteiger charge is 2.33. The molecule has 0 unspecified atom stereocenters. The summed E-state index contributed by atoms with van der Waals surface area (Å²) >= 11 is 0. The summed E-state index contributed by atoms with van der Waals surface area (Å²) in [6.45, 7) is 4.86. The molecule has 0 spiro atoms. The first-order valence-electron chi connectivity index (χ1n) is 6.01. The monoisotopic (exact) mass is 248 g/mol. The fraction of sp³-hybridized carbons (Fsp3) is 0.667. The van der Waals surface area contributed by atoms with Gasteiger partial charge in [-0.2, -0.15) is 5.26 Å². The van der Waals surface area contributed by atoms with Crippen LogP contribution in [0, 0.1) is 23.7 Å². The lowest BCUT2D eigenvalue weighted by Crippen LogP contribution is -2.44. The van der Waals surface area contributed by atoms with Crippen LogP contribution in [0.25, 0.3) is 0 Å². The molecule has 1 aliphatic rings. The molecule has 1 saturated heterocycles. The first kappa shape index (κ1) is 12.6. The number of rotatable bonds is 2. The van der Waals surface area contributed by atoms with Gasteiger partial charge in [-0.3, -0.25) is 4.79 Å². The predicted molar refractivity (Wildman–Crippen MR) is 62.3 cm³/mol. The Bertz CT molecular complexity index is 491. The van der Waals surface area contributed by atoms with Crippen LogP contribution in [0.4, 0.5) is 0 Å². The fourth-order valence-electron chi connectivity index (χ4n) is 2.21. The molecule has 18 heavy (non-hydrogen) atoms. The number of carbonyl (C=O) groups excluding carboxylic acids is 1. The number of carbonyl (C=O) groups is 1. The van der Waals surface area contributed by atoms with E-state index in [9.17, 15) is 4.79 Å². The molecule has 1 fully saturated rings. The van der Waals surface area contributed by atoms with Gasteiger partial charge in [-0.25, -0.2) is 4.63 Å². The van der Waals surface area contributed by atoms with Crippen molar-refractivity contribution in [2.45, 2.75) is 33.1 Å². The topological polar surface area (TPSA) is 83.0 Å². The smallest absolute Gasteiger partial charge is 0.228 e. The van der Waals surface area contributed by atoms with Gasteiger partial charge in [0.05, 0.1) is 17.9 Å². The Labute approximate surface area is 106 Å². The normalized spacial score (nSPS) is 23.7. The summed E-state index contributed by atoms with van der Waals surface area (Å²) in [5.41, 5.74) is 0.790. The van der Waals surface area contributed by atoms with Crippen molar-refractivity contribution in [3.05, 3.63) is 11.4 Å². The summed E-state index contributed by atoms with van der Waals surface area (Å²) < 4.78 is 4.57. The van der Waals surface area contributed by atoms with Crippen molar-refractivity contribution < 1.29 is 9.42 Å². The highest BCUT2D eigenvalue weighted by molar-refractivity contribution is 5.78. The van der Waals surface area contributed by atoms with Crippen molar-refractivity contribution in [1.82, 2.24) is 15.2 Å². The van der Waals surface area contributed by atoms with Gasteiger partial charge < -0.3 is 4.90 Å². The molecule has 0 N–H and O–H groups in total. The maximum atomic E-state index is 12.1. The van der Waals surface area contributed by atoms with E-state index in [2.05, 4.69) is 21.0 Å². The minimum atomic E-state index is -0.426. The average Bonchev–Trinajstić information content (AvgIpc) is 2.75. The average molecular weight is 248 g/mol. The second kappa shape index (κ2) is 4.77. The first-order valence-corrected chi connectivity index (χ1v) is 6.01. The number of amides is 1. The third-order valence-electron chi connectivity index (χ3n) is 3.38. The summed E-state index contributed by atoms with van der Waals surface area (Å²) in [6, 6.07) is 2.30. The molecular formula is C12H16N4O2. The zero-order valence-electron chi connectivity index (χ0n) is 10.6. The van der Waals surface area contributed by atoms with E-state index in [1.165, 1.54) is 0 Å². The van der Waals surface area contributed by atoms with E-state index in [-0.39, 0.29) is 12.3 Å². The largest absolute Gasteiger partial charge is 0.341 e. The molecule has 0 bridgehead atoms. The van der Waals surface area contributed by atoms with E-state index < -0.39 is 5.41 Å². The molecule has 0 aliphatic carbocycles. The van der Waals surface area contributed by atoms with E-state index >= 15 is 0 Å². The van der Waals surface area contributed by atoms with Gasteiger partial charge in [-0.1, -0.05) is 10.3 Å². The minimum absolute atomic E-state index is 0.0185. The fourth-order valence-corrected chi connectivity index (χ4v) is 2.21. The Balaban J connectivity index is 2.02. The number of piperidine rings is 1. The third kappa shape index (κ3) is 2.50. The van der Waals surface area contributed by atoms with Crippen LogP contribution in [-0.2, 0) is 11.2 Å². The van der Waals surface area contributed by atoms with E-state index in [0.717, 1.165) is 12.8 Å². The summed E-state index contributed by atoms with van der Waals surface area (Å²) in [5.74, 6) is -0.0185. The van der Waals surface area contributed by atoms with E-state index in [0.29, 0.717) is 24.5 Å². The van der Waals surface area contributed by atoms with Gasteiger partial charge in [0.25, 0.3) is 0 Å². The van der Waals surface area contributed by atoms with Crippen molar-refractivity contribution in [1.29, 1.82) is 5.26 Å². The lowest BCUT2D eigenvalue weighted by Gasteiger charge is -2.35. The minimum Gasteiger partial charge on any atom is -0.341 e. The van der Waals surface area contributed by atoms with E-state index in [4.69, 9.17) is 5.26 Å². The SMILES string of the molecule is Cc1nonc1CC(=O)N1CCC[C@](C)(C#N)C1. The van der Waals surface area contributed by atoms with Crippen LogP contribution in [-0.4, -0.2) is 34.2 Å². The zero-order chi connectivity index (χ0) is 13.2. The number of hydrogen-bond acceptors (Lipinski definition) is 5. The van der Waals surface area contributed by atoms with Crippen LogP contribution in [0.3, 0.4) is 0 Å². The van der Waals surface area contributed by atoms with E-state index in [1.54, 1.807) is 11.8 Å². The molecule has 0 aromatic carbocycles. The van der Waals surface area contributed by atoms with E-state index in [1.807, 2.05) is 6.92 Å². The molecule has 96 valence electrons. The molecule has 1 atom stereocenters. The van der Waals surface area contributed by atoms with Gasteiger partial charge >= 0.3 is 0 Å². The van der Waals surface area contributed by atoms with Crippen molar-refractivity contribution in [2.75, 3.05) is 13.1 Å². The van der Waals surface area contributed by atoms with Crippen molar-refractivity contribution in [2.24, 2.45) is 5.41 Å². The number of nitriles is 1. The molecule has 2 rings (SSSR count). The summed E-state index contributed by atoms with van der Waals surface area (Å²) in [4.78, 5) is 13.9. The van der Waals surface area contributed by atoms with Gasteiger partial charge in [0, 0.05) is 13.1 Å². The van der Waals surface area contributed by atoms with Crippen LogP contribution in [0.1, 0.15) is 31.2 Å². The van der Waals surface area contributed by atoms with Crippen LogP contribution in [0.2, 0.25) is 0 Å². The van der Waals surface area contributed by atoms with Gasteiger partial charge in [-0.05, 0) is 26.7 Å². The van der Waals surface area contributed by atoms with Gasteiger partial charge in [0.2, 0.25) is 5.91 Å². The predicted octanol–water partition coefficient (Wildman–Crippen LogP) is 1.07. The third-order valence-corrected chi connectivity index (χ3v) is 3.38. The quantitative estimate of drug-likeness (QED) is 0.781. The Kier molecular flexibility index (Phi) is 3.32. The molecule has 1 aromatic rings.